The maximum absolute atomic E-state index is 13.6. The highest BCUT2D eigenvalue weighted by Gasteiger charge is 2.40. The third-order valence-corrected chi connectivity index (χ3v) is 7.90. The van der Waals surface area contributed by atoms with Gasteiger partial charge in [0.2, 0.25) is 0 Å². The number of H-pyrrole nitrogens is 1. The zero-order chi connectivity index (χ0) is 26.1. The van der Waals surface area contributed by atoms with Crippen LogP contribution in [-0.4, -0.2) is 59.0 Å². The molecule has 4 aromatic rings. The number of para-hydroxylation sites is 1. The van der Waals surface area contributed by atoms with Crippen molar-refractivity contribution in [3.8, 4) is 0 Å². The third kappa shape index (κ3) is 5.08. The quantitative estimate of drug-likeness (QED) is 0.332. The highest BCUT2D eigenvalue weighted by atomic mass is 19.1. The van der Waals surface area contributed by atoms with Gasteiger partial charge in [0.1, 0.15) is 23.4 Å². The molecular formula is C31H31F2N3O2. The molecule has 1 N–H and O–H groups in total. The first-order valence-corrected chi connectivity index (χ1v) is 13.3. The SMILES string of the molecule is O=C(c1cc2ccccc2[nH]1)N1C2CCC1CN(CCOC(c1ccc(F)cc1)c1ccc(F)cc1)CC2. The zero-order valence-corrected chi connectivity index (χ0v) is 21.2. The van der Waals surface area contributed by atoms with Crippen molar-refractivity contribution in [3.05, 3.63) is 107 Å². The summed E-state index contributed by atoms with van der Waals surface area (Å²) < 4.78 is 33.4. The maximum Gasteiger partial charge on any atom is 0.270 e. The summed E-state index contributed by atoms with van der Waals surface area (Å²) in [5.74, 6) is -0.532. The summed E-state index contributed by atoms with van der Waals surface area (Å²) in [5, 5.41) is 1.05. The normalized spacial score (nSPS) is 19.8. The van der Waals surface area contributed by atoms with Crippen molar-refractivity contribution in [2.45, 2.75) is 37.5 Å². The Morgan fingerprint density at radius 2 is 1.55 bits per heavy atom. The monoisotopic (exact) mass is 515 g/mol. The van der Waals surface area contributed by atoms with E-state index >= 15 is 0 Å². The van der Waals surface area contributed by atoms with Crippen LogP contribution in [0.3, 0.4) is 0 Å². The number of nitrogens with zero attached hydrogens (tertiary/aromatic N) is 2. The van der Waals surface area contributed by atoms with E-state index in [9.17, 15) is 13.6 Å². The first-order chi connectivity index (χ1) is 18.5. The van der Waals surface area contributed by atoms with Crippen LogP contribution in [0.1, 0.15) is 47.0 Å². The lowest BCUT2D eigenvalue weighted by Gasteiger charge is -2.29. The molecule has 2 aliphatic heterocycles. The Kier molecular flexibility index (Phi) is 6.96. The number of aromatic nitrogens is 1. The minimum atomic E-state index is -0.417. The predicted octanol–water partition coefficient (Wildman–Crippen LogP) is 5.93. The molecule has 2 atom stereocenters. The molecule has 5 nitrogen and oxygen atoms in total. The second kappa shape index (κ2) is 10.7. The van der Waals surface area contributed by atoms with Gasteiger partial charge < -0.3 is 14.6 Å². The standard InChI is InChI=1S/C31H31F2N3O2/c32-24-9-5-21(6-10-24)30(22-7-11-25(33)12-8-22)38-18-17-35-16-15-26-13-14-27(20-35)36(26)31(37)29-19-23-3-1-2-4-28(23)34-29/h1-12,19,26-27,30,34H,13-18,20H2. The average molecular weight is 516 g/mol. The summed E-state index contributed by atoms with van der Waals surface area (Å²) in [6, 6.07) is 22.9. The number of halogens is 2. The Bertz CT molecular complexity index is 1320. The molecule has 3 aromatic carbocycles. The van der Waals surface area contributed by atoms with Gasteiger partial charge in [-0.25, -0.2) is 8.78 Å². The molecule has 2 fully saturated rings. The number of aromatic amines is 1. The Labute approximate surface area is 221 Å². The topological polar surface area (TPSA) is 48.6 Å². The fraction of sp³-hybridized carbons (Fsp3) is 0.323. The van der Waals surface area contributed by atoms with Crippen LogP contribution in [-0.2, 0) is 4.74 Å². The molecule has 7 heteroatoms. The third-order valence-electron chi connectivity index (χ3n) is 7.90. The second-order valence-corrected chi connectivity index (χ2v) is 10.3. The van der Waals surface area contributed by atoms with E-state index in [1.54, 1.807) is 24.3 Å². The molecule has 0 spiro atoms. The lowest BCUT2D eigenvalue weighted by Crippen LogP contribution is -2.43. The van der Waals surface area contributed by atoms with Crippen LogP contribution < -0.4 is 0 Å². The highest BCUT2D eigenvalue weighted by Crippen LogP contribution is 2.32. The first kappa shape index (κ1) is 24.8. The number of hydrogen-bond donors (Lipinski definition) is 1. The van der Waals surface area contributed by atoms with Crippen molar-refractivity contribution in [2.24, 2.45) is 0 Å². The number of fused-ring (bicyclic) bond motifs is 3. The number of carbonyl (C=O) groups is 1. The lowest BCUT2D eigenvalue weighted by molar-refractivity contribution is 0.0553. The Morgan fingerprint density at radius 1 is 0.895 bits per heavy atom. The van der Waals surface area contributed by atoms with E-state index in [4.69, 9.17) is 4.74 Å². The Morgan fingerprint density at radius 3 is 2.24 bits per heavy atom. The minimum Gasteiger partial charge on any atom is -0.367 e. The molecule has 2 unspecified atom stereocenters. The molecule has 3 heterocycles. The molecule has 1 aromatic heterocycles. The van der Waals surface area contributed by atoms with E-state index < -0.39 is 6.10 Å². The van der Waals surface area contributed by atoms with E-state index in [0.717, 1.165) is 60.9 Å². The maximum atomic E-state index is 13.6. The molecule has 196 valence electrons. The van der Waals surface area contributed by atoms with Crippen LogP contribution in [0, 0.1) is 11.6 Å². The van der Waals surface area contributed by atoms with Gasteiger partial charge in [-0.05, 0) is 66.8 Å². The summed E-state index contributed by atoms with van der Waals surface area (Å²) in [7, 11) is 0. The average Bonchev–Trinajstić information content (AvgIpc) is 3.49. The number of carbonyl (C=O) groups excluding carboxylic acids is 1. The van der Waals surface area contributed by atoms with Gasteiger partial charge in [0.15, 0.2) is 0 Å². The summed E-state index contributed by atoms with van der Waals surface area (Å²) in [4.78, 5) is 21.3. The van der Waals surface area contributed by atoms with Crippen molar-refractivity contribution in [1.82, 2.24) is 14.8 Å². The van der Waals surface area contributed by atoms with Gasteiger partial charge in [-0.3, -0.25) is 9.69 Å². The van der Waals surface area contributed by atoms with Gasteiger partial charge >= 0.3 is 0 Å². The molecule has 2 saturated heterocycles. The number of benzene rings is 3. The van der Waals surface area contributed by atoms with Gasteiger partial charge in [0, 0.05) is 42.6 Å². The van der Waals surface area contributed by atoms with Crippen LogP contribution in [0.4, 0.5) is 8.78 Å². The van der Waals surface area contributed by atoms with E-state index in [2.05, 4.69) is 14.8 Å². The molecule has 0 saturated carbocycles. The number of nitrogens with one attached hydrogen (secondary N) is 1. The van der Waals surface area contributed by atoms with Gasteiger partial charge in [-0.1, -0.05) is 42.5 Å². The molecule has 0 aliphatic carbocycles. The molecular weight excluding hydrogens is 484 g/mol. The number of ether oxygens (including phenoxy) is 1. The lowest BCUT2D eigenvalue weighted by atomic mass is 10.0. The predicted molar refractivity (Wildman–Crippen MR) is 143 cm³/mol. The van der Waals surface area contributed by atoms with Crippen molar-refractivity contribution in [1.29, 1.82) is 0 Å². The van der Waals surface area contributed by atoms with Gasteiger partial charge in [0.05, 0.1) is 6.61 Å². The fourth-order valence-electron chi connectivity index (χ4n) is 5.97. The van der Waals surface area contributed by atoms with E-state index in [1.165, 1.54) is 24.3 Å². The van der Waals surface area contributed by atoms with Crippen LogP contribution in [0.2, 0.25) is 0 Å². The fourth-order valence-corrected chi connectivity index (χ4v) is 5.97. The van der Waals surface area contributed by atoms with E-state index in [0.29, 0.717) is 12.3 Å². The molecule has 2 bridgehead atoms. The van der Waals surface area contributed by atoms with Crippen LogP contribution in [0.15, 0.2) is 78.9 Å². The zero-order valence-electron chi connectivity index (χ0n) is 21.2. The molecule has 6 rings (SSSR count). The molecule has 2 aliphatic rings. The largest absolute Gasteiger partial charge is 0.367 e. The van der Waals surface area contributed by atoms with Crippen molar-refractivity contribution in [3.63, 3.8) is 0 Å². The summed E-state index contributed by atoms with van der Waals surface area (Å²) >= 11 is 0. The number of rotatable bonds is 7. The summed E-state index contributed by atoms with van der Waals surface area (Å²) in [6.45, 7) is 2.89. The number of amides is 1. The van der Waals surface area contributed by atoms with Crippen molar-refractivity contribution >= 4 is 16.8 Å². The van der Waals surface area contributed by atoms with Crippen LogP contribution in [0.5, 0.6) is 0 Å². The molecule has 0 radical (unpaired) electrons. The minimum absolute atomic E-state index is 0.0829. The van der Waals surface area contributed by atoms with Crippen molar-refractivity contribution in [2.75, 3.05) is 26.2 Å². The highest BCUT2D eigenvalue weighted by molar-refractivity contribution is 5.98. The second-order valence-electron chi connectivity index (χ2n) is 10.3. The van der Waals surface area contributed by atoms with Crippen LogP contribution >= 0.6 is 0 Å². The summed E-state index contributed by atoms with van der Waals surface area (Å²) in [6.07, 6.45) is 2.56. The van der Waals surface area contributed by atoms with Gasteiger partial charge in [-0.2, -0.15) is 0 Å². The first-order valence-electron chi connectivity index (χ1n) is 13.3. The number of hydrogen-bond acceptors (Lipinski definition) is 3. The smallest absolute Gasteiger partial charge is 0.270 e. The van der Waals surface area contributed by atoms with Crippen molar-refractivity contribution < 1.29 is 18.3 Å². The number of likely N-dealkylation sites (tertiary alicyclic amines) is 1. The molecule has 38 heavy (non-hydrogen) atoms. The van der Waals surface area contributed by atoms with Gasteiger partial charge in [-0.15, -0.1) is 0 Å². The van der Waals surface area contributed by atoms with Crippen LogP contribution in [0.25, 0.3) is 10.9 Å². The van der Waals surface area contributed by atoms with E-state index in [1.807, 2.05) is 30.3 Å². The van der Waals surface area contributed by atoms with E-state index in [-0.39, 0.29) is 29.6 Å². The summed E-state index contributed by atoms with van der Waals surface area (Å²) in [5.41, 5.74) is 3.28. The Balaban J connectivity index is 1.12. The Hall–Kier alpha value is -3.55. The van der Waals surface area contributed by atoms with Gasteiger partial charge in [0.25, 0.3) is 5.91 Å². The molecule has 1 amide bonds.